The summed E-state index contributed by atoms with van der Waals surface area (Å²) in [5.74, 6) is -0.445. The first-order valence-electron chi connectivity index (χ1n) is 4.45. The number of benzene rings is 1. The van der Waals surface area contributed by atoms with E-state index in [4.69, 9.17) is 9.84 Å². The summed E-state index contributed by atoms with van der Waals surface area (Å²) in [5.41, 5.74) is 0.861. The summed E-state index contributed by atoms with van der Waals surface area (Å²) in [4.78, 5) is 14.4. The van der Waals surface area contributed by atoms with E-state index in [1.54, 1.807) is 24.4 Å². The fraction of sp³-hybridized carbons (Fsp3) is 0.0909. The van der Waals surface area contributed by atoms with Crippen LogP contribution in [-0.2, 0) is 4.79 Å². The molecule has 0 spiro atoms. The molecule has 2 rings (SSSR count). The largest absolute Gasteiger partial charge is 0.482 e. The number of hydrogen-bond donors (Lipinski definition) is 1. The first-order chi connectivity index (χ1) is 7.25. The second kappa shape index (κ2) is 3.96. The molecule has 0 aliphatic heterocycles. The van der Waals surface area contributed by atoms with Crippen LogP contribution in [0.4, 0.5) is 0 Å². The number of aliphatic carboxylic acids is 1. The number of carboxylic acid groups (broad SMARTS) is 1. The predicted molar refractivity (Wildman–Crippen MR) is 54.9 cm³/mol. The normalized spacial score (nSPS) is 10.1. The van der Waals surface area contributed by atoms with Crippen molar-refractivity contribution >= 4 is 16.9 Å². The maximum Gasteiger partial charge on any atom is 0.341 e. The van der Waals surface area contributed by atoms with Gasteiger partial charge in [-0.25, -0.2) is 4.79 Å². The minimum absolute atomic E-state index is 0.328. The van der Waals surface area contributed by atoms with Gasteiger partial charge in [-0.2, -0.15) is 0 Å². The van der Waals surface area contributed by atoms with Gasteiger partial charge in [0.1, 0.15) is 5.75 Å². The number of carboxylic acids is 1. The summed E-state index contributed by atoms with van der Waals surface area (Å²) in [6, 6.07) is 9.00. The molecule has 15 heavy (non-hydrogen) atoms. The smallest absolute Gasteiger partial charge is 0.341 e. The van der Waals surface area contributed by atoms with Gasteiger partial charge >= 0.3 is 5.97 Å². The van der Waals surface area contributed by atoms with Crippen LogP contribution < -0.4 is 4.74 Å². The summed E-state index contributed by atoms with van der Waals surface area (Å²) in [6.45, 7) is -0.328. The number of nitrogens with zero attached hydrogens (tertiary/aromatic N) is 1. The molecule has 2 aromatic rings. The van der Waals surface area contributed by atoms with E-state index >= 15 is 0 Å². The standard InChI is InChI=1S/C11H9NO3/c13-11(14)7-15-9-3-4-10-8(6-9)2-1-5-12-10/h1-6H,7H2,(H,13,14). The number of hydrogen-bond acceptors (Lipinski definition) is 3. The zero-order chi connectivity index (χ0) is 10.7. The Morgan fingerprint density at radius 3 is 3.07 bits per heavy atom. The van der Waals surface area contributed by atoms with Crippen LogP contribution in [0.3, 0.4) is 0 Å². The first-order valence-corrected chi connectivity index (χ1v) is 4.45. The number of fused-ring (bicyclic) bond motifs is 1. The summed E-state index contributed by atoms with van der Waals surface area (Å²) in [7, 11) is 0. The van der Waals surface area contributed by atoms with Gasteiger partial charge in [0.15, 0.2) is 6.61 Å². The number of pyridine rings is 1. The van der Waals surface area contributed by atoms with Gasteiger partial charge in [-0.05, 0) is 24.3 Å². The van der Waals surface area contributed by atoms with E-state index in [0.29, 0.717) is 5.75 Å². The zero-order valence-electron chi connectivity index (χ0n) is 7.88. The van der Waals surface area contributed by atoms with E-state index in [9.17, 15) is 4.79 Å². The van der Waals surface area contributed by atoms with Crippen LogP contribution in [0.1, 0.15) is 0 Å². The average Bonchev–Trinajstić information content (AvgIpc) is 2.26. The third-order valence-corrected chi connectivity index (χ3v) is 1.94. The molecule has 0 atom stereocenters. The Balaban J connectivity index is 2.26. The molecule has 0 saturated heterocycles. The van der Waals surface area contributed by atoms with Crippen LogP contribution in [0.5, 0.6) is 5.75 Å². The SMILES string of the molecule is O=C(O)COc1ccc2ncccc2c1. The van der Waals surface area contributed by atoms with Crippen LogP contribution in [0, 0.1) is 0 Å². The van der Waals surface area contributed by atoms with Crippen LogP contribution in [0.25, 0.3) is 10.9 Å². The Hall–Kier alpha value is -2.10. The lowest BCUT2D eigenvalue weighted by molar-refractivity contribution is -0.139. The summed E-state index contributed by atoms with van der Waals surface area (Å²) in [6.07, 6.45) is 1.71. The maximum atomic E-state index is 10.3. The number of ether oxygens (including phenoxy) is 1. The Kier molecular flexibility index (Phi) is 2.49. The minimum atomic E-state index is -0.985. The van der Waals surface area contributed by atoms with Gasteiger partial charge < -0.3 is 9.84 Å². The highest BCUT2D eigenvalue weighted by Crippen LogP contribution is 2.18. The van der Waals surface area contributed by atoms with Gasteiger partial charge in [0.05, 0.1) is 5.52 Å². The van der Waals surface area contributed by atoms with Gasteiger partial charge in [0, 0.05) is 11.6 Å². The molecule has 1 N–H and O–H groups in total. The van der Waals surface area contributed by atoms with Gasteiger partial charge in [0.25, 0.3) is 0 Å². The van der Waals surface area contributed by atoms with Crippen molar-refractivity contribution in [2.24, 2.45) is 0 Å². The summed E-state index contributed by atoms with van der Waals surface area (Å²) in [5, 5.41) is 9.38. The summed E-state index contributed by atoms with van der Waals surface area (Å²) < 4.78 is 5.05. The highest BCUT2D eigenvalue weighted by atomic mass is 16.5. The first kappa shape index (κ1) is 9.45. The molecule has 0 aliphatic carbocycles. The lowest BCUT2D eigenvalue weighted by Crippen LogP contribution is -2.09. The maximum absolute atomic E-state index is 10.3. The fourth-order valence-corrected chi connectivity index (χ4v) is 1.29. The molecule has 0 radical (unpaired) electrons. The van der Waals surface area contributed by atoms with E-state index in [1.807, 2.05) is 12.1 Å². The Bertz CT molecular complexity index is 496. The van der Waals surface area contributed by atoms with E-state index in [1.165, 1.54) is 0 Å². The summed E-state index contributed by atoms with van der Waals surface area (Å²) >= 11 is 0. The topological polar surface area (TPSA) is 59.4 Å². The third-order valence-electron chi connectivity index (χ3n) is 1.94. The molecule has 0 saturated carbocycles. The molecular weight excluding hydrogens is 194 g/mol. The molecule has 4 nitrogen and oxygen atoms in total. The van der Waals surface area contributed by atoms with Crippen LogP contribution in [-0.4, -0.2) is 22.7 Å². The molecule has 1 aromatic heterocycles. The van der Waals surface area contributed by atoms with Crippen molar-refractivity contribution in [3.8, 4) is 5.75 Å². The van der Waals surface area contributed by atoms with Gasteiger partial charge in [-0.1, -0.05) is 6.07 Å². The van der Waals surface area contributed by atoms with E-state index in [-0.39, 0.29) is 6.61 Å². The zero-order valence-corrected chi connectivity index (χ0v) is 7.88. The average molecular weight is 203 g/mol. The molecule has 0 bridgehead atoms. The predicted octanol–water partition coefficient (Wildman–Crippen LogP) is 1.70. The lowest BCUT2D eigenvalue weighted by atomic mass is 10.2. The van der Waals surface area contributed by atoms with Gasteiger partial charge in [0.2, 0.25) is 0 Å². The van der Waals surface area contributed by atoms with Gasteiger partial charge in [-0.15, -0.1) is 0 Å². The number of carbonyl (C=O) groups is 1. The van der Waals surface area contributed by atoms with Crippen molar-refractivity contribution in [3.63, 3.8) is 0 Å². The van der Waals surface area contributed by atoms with E-state index < -0.39 is 5.97 Å². The Morgan fingerprint density at radius 2 is 2.27 bits per heavy atom. The molecule has 0 aliphatic rings. The van der Waals surface area contributed by atoms with Crippen molar-refractivity contribution in [1.82, 2.24) is 4.98 Å². The molecule has 0 amide bonds. The quantitative estimate of drug-likeness (QED) is 0.824. The van der Waals surface area contributed by atoms with Crippen LogP contribution in [0.15, 0.2) is 36.5 Å². The van der Waals surface area contributed by atoms with Crippen LogP contribution in [0.2, 0.25) is 0 Å². The van der Waals surface area contributed by atoms with Crippen molar-refractivity contribution < 1.29 is 14.6 Å². The monoisotopic (exact) mass is 203 g/mol. The van der Waals surface area contributed by atoms with Crippen molar-refractivity contribution in [2.45, 2.75) is 0 Å². The van der Waals surface area contributed by atoms with Crippen molar-refractivity contribution in [1.29, 1.82) is 0 Å². The second-order valence-corrected chi connectivity index (χ2v) is 3.04. The van der Waals surface area contributed by atoms with Gasteiger partial charge in [-0.3, -0.25) is 4.98 Å². The van der Waals surface area contributed by atoms with E-state index in [2.05, 4.69) is 4.98 Å². The molecule has 1 aromatic carbocycles. The lowest BCUT2D eigenvalue weighted by Gasteiger charge is -2.03. The third kappa shape index (κ3) is 2.22. The molecule has 4 heteroatoms. The highest BCUT2D eigenvalue weighted by Gasteiger charge is 2.00. The molecule has 0 fully saturated rings. The molecular formula is C11H9NO3. The second-order valence-electron chi connectivity index (χ2n) is 3.04. The Morgan fingerprint density at radius 1 is 1.40 bits per heavy atom. The number of rotatable bonds is 3. The fourth-order valence-electron chi connectivity index (χ4n) is 1.29. The molecule has 0 unspecified atom stereocenters. The molecule has 76 valence electrons. The van der Waals surface area contributed by atoms with E-state index in [0.717, 1.165) is 10.9 Å². The van der Waals surface area contributed by atoms with Crippen molar-refractivity contribution in [3.05, 3.63) is 36.5 Å². The number of aromatic nitrogens is 1. The van der Waals surface area contributed by atoms with Crippen molar-refractivity contribution in [2.75, 3.05) is 6.61 Å². The Labute approximate surface area is 86.1 Å². The molecule has 1 heterocycles. The highest BCUT2D eigenvalue weighted by molar-refractivity contribution is 5.79. The van der Waals surface area contributed by atoms with Crippen LogP contribution >= 0.6 is 0 Å². The minimum Gasteiger partial charge on any atom is -0.482 e.